The number of rotatable bonds is 6. The Morgan fingerprint density at radius 1 is 0.970 bits per heavy atom. The van der Waals surface area contributed by atoms with Crippen molar-refractivity contribution >= 4 is 23.4 Å². The highest BCUT2D eigenvalue weighted by molar-refractivity contribution is 6.30. The first kappa shape index (κ1) is 23.6. The molecular weight excluding hydrogens is 443 g/mol. The lowest BCUT2D eigenvalue weighted by molar-refractivity contribution is -0.136. The highest BCUT2D eigenvalue weighted by atomic mass is 35.5. The SMILES string of the molecule is O=C(C[C@]1(COc2ccc(Cl)cc2)CCCN(C(=O)c2cccc(F)c2)C1)N1CCCCC1. The molecule has 2 fully saturated rings. The van der Waals surface area contributed by atoms with Crippen LogP contribution in [-0.2, 0) is 4.79 Å². The number of hydrogen-bond acceptors (Lipinski definition) is 3. The third kappa shape index (κ3) is 6.05. The van der Waals surface area contributed by atoms with E-state index in [-0.39, 0.29) is 11.8 Å². The van der Waals surface area contributed by atoms with Gasteiger partial charge in [-0.25, -0.2) is 4.39 Å². The molecular formula is C26H30ClFN2O3. The molecule has 2 aliphatic rings. The van der Waals surface area contributed by atoms with E-state index in [4.69, 9.17) is 16.3 Å². The molecule has 33 heavy (non-hydrogen) atoms. The van der Waals surface area contributed by atoms with Crippen LogP contribution in [0.15, 0.2) is 48.5 Å². The van der Waals surface area contributed by atoms with E-state index in [0.717, 1.165) is 45.2 Å². The topological polar surface area (TPSA) is 49.9 Å². The molecule has 2 aromatic rings. The van der Waals surface area contributed by atoms with Gasteiger partial charge in [0.2, 0.25) is 5.91 Å². The van der Waals surface area contributed by atoms with Gasteiger partial charge in [0, 0.05) is 48.6 Å². The molecule has 2 aliphatic heterocycles. The summed E-state index contributed by atoms with van der Waals surface area (Å²) in [7, 11) is 0. The van der Waals surface area contributed by atoms with Gasteiger partial charge >= 0.3 is 0 Å². The molecule has 0 radical (unpaired) electrons. The van der Waals surface area contributed by atoms with Gasteiger partial charge in [-0.1, -0.05) is 17.7 Å². The second kappa shape index (κ2) is 10.6. The third-order valence-corrected chi connectivity index (χ3v) is 6.87. The fraction of sp³-hybridized carbons (Fsp3) is 0.462. The van der Waals surface area contributed by atoms with Crippen LogP contribution in [0.2, 0.25) is 5.02 Å². The van der Waals surface area contributed by atoms with Crippen molar-refractivity contribution in [3.8, 4) is 5.75 Å². The molecule has 0 aliphatic carbocycles. The lowest BCUT2D eigenvalue weighted by Crippen LogP contribution is -2.51. The number of carbonyl (C=O) groups excluding carboxylic acids is 2. The smallest absolute Gasteiger partial charge is 0.253 e. The molecule has 7 heteroatoms. The van der Waals surface area contributed by atoms with Gasteiger partial charge in [0.15, 0.2) is 0 Å². The number of likely N-dealkylation sites (tertiary alicyclic amines) is 2. The number of nitrogens with zero attached hydrogens (tertiary/aromatic N) is 2. The second-order valence-corrected chi connectivity index (χ2v) is 9.64. The van der Waals surface area contributed by atoms with Gasteiger partial charge in [-0.15, -0.1) is 0 Å². The third-order valence-electron chi connectivity index (χ3n) is 6.61. The maximum atomic E-state index is 13.7. The Balaban J connectivity index is 1.53. The van der Waals surface area contributed by atoms with E-state index in [1.54, 1.807) is 41.3 Å². The zero-order chi connectivity index (χ0) is 23.3. The van der Waals surface area contributed by atoms with Gasteiger partial charge in [-0.05, 0) is 74.6 Å². The average molecular weight is 473 g/mol. The lowest BCUT2D eigenvalue weighted by Gasteiger charge is -2.43. The van der Waals surface area contributed by atoms with E-state index in [2.05, 4.69) is 0 Å². The Kier molecular flexibility index (Phi) is 7.53. The Bertz CT molecular complexity index is 978. The zero-order valence-electron chi connectivity index (χ0n) is 18.8. The molecule has 0 spiro atoms. The first-order valence-electron chi connectivity index (χ1n) is 11.7. The van der Waals surface area contributed by atoms with Crippen molar-refractivity contribution in [3.05, 3.63) is 64.9 Å². The number of piperidine rings is 2. The molecule has 0 unspecified atom stereocenters. The Morgan fingerprint density at radius 2 is 1.70 bits per heavy atom. The minimum atomic E-state index is -0.505. The summed E-state index contributed by atoms with van der Waals surface area (Å²) in [5.74, 6) is 0.151. The van der Waals surface area contributed by atoms with E-state index in [1.165, 1.54) is 12.1 Å². The minimum absolute atomic E-state index is 0.120. The molecule has 2 aromatic carbocycles. The molecule has 176 valence electrons. The summed E-state index contributed by atoms with van der Waals surface area (Å²) < 4.78 is 19.8. The normalized spacial score (nSPS) is 21.0. The van der Waals surface area contributed by atoms with Crippen LogP contribution in [0, 0.1) is 11.2 Å². The van der Waals surface area contributed by atoms with Gasteiger partial charge < -0.3 is 14.5 Å². The summed E-state index contributed by atoms with van der Waals surface area (Å²) in [5, 5.41) is 0.627. The predicted molar refractivity (Wildman–Crippen MR) is 126 cm³/mol. The maximum Gasteiger partial charge on any atom is 0.253 e. The van der Waals surface area contributed by atoms with Crippen LogP contribution in [0.5, 0.6) is 5.75 Å². The van der Waals surface area contributed by atoms with Gasteiger partial charge in [0.25, 0.3) is 5.91 Å². The van der Waals surface area contributed by atoms with Crippen LogP contribution in [0.25, 0.3) is 0 Å². The van der Waals surface area contributed by atoms with Crippen LogP contribution in [0.1, 0.15) is 48.9 Å². The van der Waals surface area contributed by atoms with Crippen molar-refractivity contribution < 1.29 is 18.7 Å². The fourth-order valence-corrected chi connectivity index (χ4v) is 4.97. The van der Waals surface area contributed by atoms with Crippen LogP contribution in [-0.4, -0.2) is 54.4 Å². The first-order chi connectivity index (χ1) is 15.9. The molecule has 2 amide bonds. The molecule has 4 rings (SSSR count). The van der Waals surface area contributed by atoms with Crippen molar-refractivity contribution in [2.45, 2.75) is 38.5 Å². The highest BCUT2D eigenvalue weighted by Crippen LogP contribution is 2.36. The van der Waals surface area contributed by atoms with E-state index in [9.17, 15) is 14.0 Å². The Labute approximate surface area is 199 Å². The number of hydrogen-bond donors (Lipinski definition) is 0. The second-order valence-electron chi connectivity index (χ2n) is 9.20. The number of benzene rings is 2. The average Bonchev–Trinajstić information content (AvgIpc) is 2.84. The quantitative estimate of drug-likeness (QED) is 0.581. The van der Waals surface area contributed by atoms with Crippen molar-refractivity contribution in [1.82, 2.24) is 9.80 Å². The number of carbonyl (C=O) groups is 2. The lowest BCUT2D eigenvalue weighted by atomic mass is 9.77. The number of amides is 2. The number of ether oxygens (including phenoxy) is 1. The standard InChI is InChI=1S/C26H30ClFN2O3/c27-21-8-10-23(11-9-21)33-19-26(17-24(31)29-13-2-1-3-14-29)12-5-15-30(18-26)25(32)20-6-4-7-22(28)16-20/h4,6-11,16H,1-3,5,12-15,17-19H2/t26-/m1/s1. The Hall–Kier alpha value is -2.60. The largest absolute Gasteiger partial charge is 0.493 e. The van der Waals surface area contributed by atoms with E-state index in [0.29, 0.717) is 42.5 Å². The van der Waals surface area contributed by atoms with Crippen LogP contribution < -0.4 is 4.74 Å². The summed E-state index contributed by atoms with van der Waals surface area (Å²) in [5.41, 5.74) is -0.179. The Morgan fingerprint density at radius 3 is 2.42 bits per heavy atom. The summed E-state index contributed by atoms with van der Waals surface area (Å²) in [6, 6.07) is 12.9. The predicted octanol–water partition coefficient (Wildman–Crippen LogP) is 5.18. The summed E-state index contributed by atoms with van der Waals surface area (Å²) >= 11 is 5.99. The highest BCUT2D eigenvalue weighted by Gasteiger charge is 2.41. The van der Waals surface area contributed by atoms with Crippen molar-refractivity contribution in [2.24, 2.45) is 5.41 Å². The molecule has 0 N–H and O–H groups in total. The van der Waals surface area contributed by atoms with Crippen LogP contribution >= 0.6 is 11.6 Å². The molecule has 0 bridgehead atoms. The minimum Gasteiger partial charge on any atom is -0.493 e. The van der Waals surface area contributed by atoms with Crippen LogP contribution in [0.3, 0.4) is 0 Å². The van der Waals surface area contributed by atoms with Gasteiger partial charge in [-0.3, -0.25) is 9.59 Å². The zero-order valence-corrected chi connectivity index (χ0v) is 19.5. The monoisotopic (exact) mass is 472 g/mol. The molecule has 2 saturated heterocycles. The molecule has 1 atom stereocenters. The van der Waals surface area contributed by atoms with E-state index in [1.807, 2.05) is 4.90 Å². The van der Waals surface area contributed by atoms with Gasteiger partial charge in [-0.2, -0.15) is 0 Å². The summed E-state index contributed by atoms with van der Waals surface area (Å²) in [6.45, 7) is 2.88. The number of halogens is 2. The maximum absolute atomic E-state index is 13.7. The fourth-order valence-electron chi connectivity index (χ4n) is 4.84. The van der Waals surface area contributed by atoms with E-state index >= 15 is 0 Å². The first-order valence-corrected chi connectivity index (χ1v) is 12.0. The van der Waals surface area contributed by atoms with Crippen molar-refractivity contribution in [2.75, 3.05) is 32.8 Å². The van der Waals surface area contributed by atoms with Crippen LogP contribution in [0.4, 0.5) is 4.39 Å². The molecule has 2 heterocycles. The molecule has 0 aromatic heterocycles. The van der Waals surface area contributed by atoms with Crippen molar-refractivity contribution in [1.29, 1.82) is 0 Å². The summed E-state index contributed by atoms with van der Waals surface area (Å²) in [4.78, 5) is 30.1. The molecule has 0 saturated carbocycles. The molecule has 5 nitrogen and oxygen atoms in total. The summed E-state index contributed by atoms with van der Waals surface area (Å²) in [6.07, 6.45) is 5.10. The van der Waals surface area contributed by atoms with Gasteiger partial charge in [0.1, 0.15) is 11.6 Å². The van der Waals surface area contributed by atoms with Crippen molar-refractivity contribution in [3.63, 3.8) is 0 Å². The van der Waals surface area contributed by atoms with Gasteiger partial charge in [0.05, 0.1) is 6.61 Å². The van der Waals surface area contributed by atoms with E-state index < -0.39 is 11.2 Å².